The van der Waals surface area contributed by atoms with Crippen molar-refractivity contribution in [3.05, 3.63) is 41.0 Å². The van der Waals surface area contributed by atoms with E-state index in [9.17, 15) is 10.1 Å². The van der Waals surface area contributed by atoms with Crippen molar-refractivity contribution >= 4 is 23.5 Å². The Balaban J connectivity index is 1.67. The third-order valence-electron chi connectivity index (χ3n) is 4.65. The first-order valence-corrected chi connectivity index (χ1v) is 10.3. The molecule has 0 saturated heterocycles. The smallest absolute Gasteiger partial charge is 0.235 e. The summed E-state index contributed by atoms with van der Waals surface area (Å²) in [7, 11) is 1.65. The Kier molecular flexibility index (Phi) is 7.26. The van der Waals surface area contributed by atoms with Crippen LogP contribution in [0.1, 0.15) is 29.0 Å². The van der Waals surface area contributed by atoms with E-state index in [-0.39, 0.29) is 11.7 Å². The molecule has 0 saturated carbocycles. The summed E-state index contributed by atoms with van der Waals surface area (Å²) >= 11 is 1.22. The van der Waals surface area contributed by atoms with Gasteiger partial charge in [0.2, 0.25) is 11.1 Å². The number of rotatable bonds is 10. The van der Waals surface area contributed by atoms with Crippen LogP contribution in [0.3, 0.4) is 0 Å². The topological polar surface area (TPSA) is 124 Å². The van der Waals surface area contributed by atoms with Crippen molar-refractivity contribution in [2.45, 2.75) is 38.5 Å². The molecular formula is C19H23N7O3S. The number of anilines is 1. The minimum absolute atomic E-state index is 0.102. The van der Waals surface area contributed by atoms with Crippen LogP contribution in [-0.2, 0) is 22.6 Å². The number of aromatic nitrogens is 5. The standard InChI is InChI=1S/C19H23N7O3S/c1-13-14(2)25(7-5-8-28-3)18(16(13)10-20)21-17(27)12-30-19-22-23-24-26(19)11-15-6-4-9-29-15/h4,6,9H,5,7-8,11-12H2,1-3H3,(H,21,27). The maximum atomic E-state index is 12.6. The van der Waals surface area contributed by atoms with Gasteiger partial charge in [0.1, 0.15) is 24.2 Å². The molecule has 11 heteroatoms. The summed E-state index contributed by atoms with van der Waals surface area (Å²) in [6.07, 6.45) is 2.36. The molecular weight excluding hydrogens is 406 g/mol. The fraction of sp³-hybridized carbons (Fsp3) is 0.421. The highest BCUT2D eigenvalue weighted by Crippen LogP contribution is 2.27. The van der Waals surface area contributed by atoms with Gasteiger partial charge in [-0.05, 0) is 48.4 Å². The van der Waals surface area contributed by atoms with Crippen LogP contribution >= 0.6 is 11.8 Å². The number of carbonyl (C=O) groups is 1. The molecule has 3 aromatic heterocycles. The van der Waals surface area contributed by atoms with Crippen molar-refractivity contribution < 1.29 is 13.9 Å². The van der Waals surface area contributed by atoms with Gasteiger partial charge >= 0.3 is 0 Å². The molecule has 3 rings (SSSR count). The molecule has 0 aliphatic heterocycles. The molecule has 3 aromatic rings. The van der Waals surface area contributed by atoms with E-state index < -0.39 is 0 Å². The maximum Gasteiger partial charge on any atom is 0.235 e. The van der Waals surface area contributed by atoms with Crippen molar-refractivity contribution in [3.8, 4) is 6.07 Å². The first-order chi connectivity index (χ1) is 14.5. The van der Waals surface area contributed by atoms with Gasteiger partial charge in [-0.1, -0.05) is 11.8 Å². The van der Waals surface area contributed by atoms with Crippen molar-refractivity contribution in [2.75, 3.05) is 24.8 Å². The first-order valence-electron chi connectivity index (χ1n) is 9.35. The predicted molar refractivity (Wildman–Crippen MR) is 110 cm³/mol. The Morgan fingerprint density at radius 1 is 1.43 bits per heavy atom. The lowest BCUT2D eigenvalue weighted by atomic mass is 10.2. The second kappa shape index (κ2) is 10.1. The lowest BCUT2D eigenvalue weighted by molar-refractivity contribution is -0.113. The molecule has 0 aromatic carbocycles. The molecule has 0 unspecified atom stereocenters. The number of methoxy groups -OCH3 is 1. The van der Waals surface area contributed by atoms with Gasteiger partial charge in [-0.15, -0.1) is 5.10 Å². The molecule has 1 N–H and O–H groups in total. The number of ether oxygens (including phenoxy) is 1. The summed E-state index contributed by atoms with van der Waals surface area (Å²) in [4.78, 5) is 12.6. The first kappa shape index (κ1) is 21.6. The molecule has 0 bridgehead atoms. The number of nitriles is 1. The van der Waals surface area contributed by atoms with Gasteiger partial charge in [0.25, 0.3) is 0 Å². The van der Waals surface area contributed by atoms with Crippen LogP contribution in [0.5, 0.6) is 0 Å². The number of thioether (sulfide) groups is 1. The molecule has 0 aliphatic rings. The molecule has 0 radical (unpaired) electrons. The highest BCUT2D eigenvalue weighted by molar-refractivity contribution is 7.99. The van der Waals surface area contributed by atoms with Crippen LogP contribution in [0.15, 0.2) is 28.0 Å². The molecule has 0 spiro atoms. The van der Waals surface area contributed by atoms with E-state index in [1.165, 1.54) is 11.8 Å². The summed E-state index contributed by atoms with van der Waals surface area (Å²) in [5.74, 6) is 1.09. The van der Waals surface area contributed by atoms with E-state index in [1.807, 2.05) is 24.5 Å². The summed E-state index contributed by atoms with van der Waals surface area (Å²) < 4.78 is 14.0. The van der Waals surface area contributed by atoms with Crippen LogP contribution in [0.4, 0.5) is 5.82 Å². The second-order valence-corrected chi connectivity index (χ2v) is 7.52. The fourth-order valence-electron chi connectivity index (χ4n) is 3.02. The molecule has 158 valence electrons. The van der Waals surface area contributed by atoms with Gasteiger partial charge in [-0.2, -0.15) is 5.26 Å². The second-order valence-electron chi connectivity index (χ2n) is 6.58. The number of carbonyl (C=O) groups excluding carboxylic acids is 1. The molecule has 10 nitrogen and oxygen atoms in total. The summed E-state index contributed by atoms with van der Waals surface area (Å²) in [5.41, 5.74) is 2.29. The van der Waals surface area contributed by atoms with E-state index in [2.05, 4.69) is 26.9 Å². The Hall–Kier alpha value is -3.10. The molecule has 3 heterocycles. The van der Waals surface area contributed by atoms with E-state index >= 15 is 0 Å². The summed E-state index contributed by atoms with van der Waals surface area (Å²) in [6, 6.07) is 5.82. The van der Waals surface area contributed by atoms with Crippen LogP contribution < -0.4 is 5.32 Å². The molecule has 0 fully saturated rings. The van der Waals surface area contributed by atoms with Crippen molar-refractivity contribution in [2.24, 2.45) is 0 Å². The number of nitrogens with one attached hydrogen (secondary N) is 1. The number of tetrazole rings is 1. The predicted octanol–water partition coefficient (Wildman–Crippen LogP) is 2.37. The van der Waals surface area contributed by atoms with Gasteiger partial charge in [-0.25, -0.2) is 4.68 Å². The molecule has 0 atom stereocenters. The van der Waals surface area contributed by atoms with Crippen molar-refractivity contribution in [1.82, 2.24) is 24.8 Å². The van der Waals surface area contributed by atoms with E-state index in [0.29, 0.717) is 42.0 Å². The van der Waals surface area contributed by atoms with Crippen LogP contribution in [0.25, 0.3) is 0 Å². The van der Waals surface area contributed by atoms with Crippen LogP contribution in [-0.4, -0.2) is 50.2 Å². The zero-order valence-corrected chi connectivity index (χ0v) is 17.9. The van der Waals surface area contributed by atoms with Gasteiger partial charge in [0.05, 0.1) is 17.6 Å². The number of hydrogen-bond donors (Lipinski definition) is 1. The minimum Gasteiger partial charge on any atom is -0.467 e. The molecule has 30 heavy (non-hydrogen) atoms. The van der Waals surface area contributed by atoms with Gasteiger partial charge in [-0.3, -0.25) is 4.79 Å². The lowest BCUT2D eigenvalue weighted by Gasteiger charge is -2.13. The third kappa shape index (κ3) is 4.90. The quantitative estimate of drug-likeness (QED) is 0.385. The van der Waals surface area contributed by atoms with Crippen molar-refractivity contribution in [1.29, 1.82) is 5.26 Å². The normalized spacial score (nSPS) is 10.9. The number of amides is 1. The number of furan rings is 1. The number of hydrogen-bond acceptors (Lipinski definition) is 8. The zero-order valence-electron chi connectivity index (χ0n) is 17.1. The fourth-order valence-corrected chi connectivity index (χ4v) is 3.70. The summed E-state index contributed by atoms with van der Waals surface area (Å²) in [6.45, 7) is 5.44. The lowest BCUT2D eigenvalue weighted by Crippen LogP contribution is -2.19. The Morgan fingerprint density at radius 2 is 2.27 bits per heavy atom. The van der Waals surface area contributed by atoms with Crippen LogP contribution in [0.2, 0.25) is 0 Å². The highest BCUT2D eigenvalue weighted by Gasteiger charge is 2.20. The Morgan fingerprint density at radius 3 is 2.97 bits per heavy atom. The highest BCUT2D eigenvalue weighted by atomic mass is 32.2. The monoisotopic (exact) mass is 429 g/mol. The third-order valence-corrected chi connectivity index (χ3v) is 5.60. The SMILES string of the molecule is COCCCn1c(C)c(C)c(C#N)c1NC(=O)CSc1nnnn1Cc1ccco1. The largest absolute Gasteiger partial charge is 0.467 e. The van der Waals surface area contributed by atoms with Crippen molar-refractivity contribution in [3.63, 3.8) is 0 Å². The van der Waals surface area contributed by atoms with Gasteiger partial charge in [0, 0.05) is 26.0 Å². The van der Waals surface area contributed by atoms with Crippen LogP contribution in [0, 0.1) is 25.2 Å². The average Bonchev–Trinajstić information content (AvgIpc) is 3.45. The Bertz CT molecular complexity index is 1030. The van der Waals surface area contributed by atoms with E-state index in [4.69, 9.17) is 9.15 Å². The van der Waals surface area contributed by atoms with Gasteiger partial charge < -0.3 is 19.0 Å². The molecule has 1 amide bonds. The Labute approximate surface area is 178 Å². The maximum absolute atomic E-state index is 12.6. The summed E-state index contributed by atoms with van der Waals surface area (Å²) in [5, 5.41) is 24.5. The number of nitrogens with zero attached hydrogens (tertiary/aromatic N) is 6. The average molecular weight is 430 g/mol. The van der Waals surface area contributed by atoms with Gasteiger partial charge in [0.15, 0.2) is 0 Å². The van der Waals surface area contributed by atoms with E-state index in [0.717, 1.165) is 17.7 Å². The minimum atomic E-state index is -0.241. The van der Waals surface area contributed by atoms with E-state index in [1.54, 1.807) is 24.1 Å². The molecule has 0 aliphatic carbocycles. The zero-order chi connectivity index (χ0) is 21.5.